The largest absolute Gasteiger partial charge is 0.206 e. The molecule has 2 atom stereocenters. The predicted molar refractivity (Wildman–Crippen MR) is 86.9 cm³/mol. The summed E-state index contributed by atoms with van der Waals surface area (Å²) in [6.07, 6.45) is 1.12. The Morgan fingerprint density at radius 3 is 2.15 bits per heavy atom. The van der Waals surface area contributed by atoms with Crippen LogP contribution in [0.4, 0.5) is 4.39 Å². The van der Waals surface area contributed by atoms with Crippen molar-refractivity contribution in [3.63, 3.8) is 0 Å². The number of hydrogen-bond acceptors (Lipinski definition) is 0. The van der Waals surface area contributed by atoms with Gasteiger partial charge in [-0.15, -0.1) is 11.6 Å². The zero-order chi connectivity index (χ0) is 14.7. The summed E-state index contributed by atoms with van der Waals surface area (Å²) in [6.45, 7) is 4.39. The van der Waals surface area contributed by atoms with E-state index < -0.39 is 0 Å². The van der Waals surface area contributed by atoms with Crippen molar-refractivity contribution in [1.82, 2.24) is 0 Å². The van der Waals surface area contributed by atoms with E-state index in [2.05, 4.69) is 54.0 Å². The molecule has 0 spiro atoms. The summed E-state index contributed by atoms with van der Waals surface area (Å²) in [5, 5.41) is -0.266. The van der Waals surface area contributed by atoms with Gasteiger partial charge in [0.1, 0.15) is 5.82 Å². The van der Waals surface area contributed by atoms with Crippen molar-refractivity contribution in [2.24, 2.45) is 0 Å². The second-order valence-corrected chi connectivity index (χ2v) is 6.30. The van der Waals surface area contributed by atoms with Gasteiger partial charge in [0.15, 0.2) is 0 Å². The summed E-state index contributed by atoms with van der Waals surface area (Å²) in [5.74, 6) is 0.280. The quantitative estimate of drug-likeness (QED) is 0.554. The lowest BCUT2D eigenvalue weighted by Gasteiger charge is -2.14. The maximum Gasteiger partial charge on any atom is 0.137 e. The van der Waals surface area contributed by atoms with Crippen LogP contribution in [-0.4, -0.2) is 0 Å². The molecule has 0 aliphatic heterocycles. The summed E-state index contributed by atoms with van der Waals surface area (Å²) in [7, 11) is 0. The molecule has 0 radical (unpaired) electrons. The molecule has 0 aliphatic carbocycles. The van der Waals surface area contributed by atoms with Crippen LogP contribution in [0.2, 0.25) is 0 Å². The molecule has 0 fully saturated rings. The van der Waals surface area contributed by atoms with E-state index in [1.807, 2.05) is 0 Å². The maximum atomic E-state index is 13.3. The second kappa shape index (κ2) is 6.73. The minimum absolute atomic E-state index is 0.266. The molecule has 3 heteroatoms. The molecule has 2 aromatic carbocycles. The van der Waals surface area contributed by atoms with Crippen LogP contribution in [0.1, 0.15) is 48.3 Å². The molecule has 106 valence electrons. The summed E-state index contributed by atoms with van der Waals surface area (Å²) < 4.78 is 13.7. The van der Waals surface area contributed by atoms with Gasteiger partial charge in [-0.3, -0.25) is 0 Å². The molecule has 0 amide bonds. The fourth-order valence-electron chi connectivity index (χ4n) is 2.09. The molecule has 2 rings (SSSR count). The van der Waals surface area contributed by atoms with Gasteiger partial charge in [0, 0.05) is 0 Å². The van der Waals surface area contributed by atoms with Gasteiger partial charge in [-0.1, -0.05) is 44.2 Å². The third kappa shape index (κ3) is 3.42. The average Bonchev–Trinajstić information content (AvgIpc) is 2.48. The van der Waals surface area contributed by atoms with E-state index in [1.165, 1.54) is 11.6 Å². The lowest BCUT2D eigenvalue weighted by Crippen LogP contribution is -1.96. The molecule has 0 saturated carbocycles. The standard InChI is InChI=1S/C17H17BrClF/c1-3-11(2)12-4-6-13(7-5-12)17(19)14-8-9-16(20)15(18)10-14/h4-11,17H,3H2,1-2H3. The SMILES string of the molecule is CCC(C)c1ccc(C(Cl)c2ccc(F)c(Br)c2)cc1. The van der Waals surface area contributed by atoms with Gasteiger partial charge in [-0.2, -0.15) is 0 Å². The van der Waals surface area contributed by atoms with Gasteiger partial charge in [0.05, 0.1) is 9.85 Å². The predicted octanol–water partition coefficient (Wildman–Crippen LogP) is 6.43. The van der Waals surface area contributed by atoms with Crippen molar-refractivity contribution < 1.29 is 4.39 Å². The molecule has 0 bridgehead atoms. The number of hydrogen-bond donors (Lipinski definition) is 0. The number of rotatable bonds is 4. The molecular weight excluding hydrogens is 339 g/mol. The normalized spacial score (nSPS) is 14.1. The van der Waals surface area contributed by atoms with E-state index in [1.54, 1.807) is 12.1 Å². The third-order valence-corrected chi connectivity index (χ3v) is 4.76. The summed E-state index contributed by atoms with van der Waals surface area (Å²) >= 11 is 9.67. The first-order valence-corrected chi connectivity index (χ1v) is 7.94. The van der Waals surface area contributed by atoms with Crippen molar-refractivity contribution in [3.8, 4) is 0 Å². The Kier molecular flexibility index (Phi) is 5.22. The molecular formula is C17H17BrClF. The Balaban J connectivity index is 2.24. The molecule has 0 nitrogen and oxygen atoms in total. The van der Waals surface area contributed by atoms with Crippen molar-refractivity contribution in [3.05, 3.63) is 69.4 Å². The highest BCUT2D eigenvalue weighted by atomic mass is 79.9. The topological polar surface area (TPSA) is 0 Å². The Bertz CT molecular complexity index is 580. The molecule has 20 heavy (non-hydrogen) atoms. The van der Waals surface area contributed by atoms with Crippen LogP contribution in [0.3, 0.4) is 0 Å². The first-order valence-electron chi connectivity index (χ1n) is 6.71. The lowest BCUT2D eigenvalue weighted by molar-refractivity contribution is 0.620. The first-order chi connectivity index (χ1) is 9.52. The van der Waals surface area contributed by atoms with Gasteiger partial charge < -0.3 is 0 Å². The maximum absolute atomic E-state index is 13.3. The number of alkyl halides is 1. The molecule has 0 heterocycles. The van der Waals surface area contributed by atoms with Crippen molar-refractivity contribution in [2.75, 3.05) is 0 Å². The van der Waals surface area contributed by atoms with Gasteiger partial charge in [0.2, 0.25) is 0 Å². The Morgan fingerprint density at radius 2 is 1.60 bits per heavy atom. The van der Waals surface area contributed by atoms with E-state index in [-0.39, 0.29) is 11.2 Å². The lowest BCUT2D eigenvalue weighted by atomic mass is 9.96. The summed E-state index contributed by atoms with van der Waals surface area (Å²) in [4.78, 5) is 0. The highest BCUT2D eigenvalue weighted by Crippen LogP contribution is 2.32. The van der Waals surface area contributed by atoms with Crippen LogP contribution in [0.15, 0.2) is 46.9 Å². The van der Waals surface area contributed by atoms with Crippen molar-refractivity contribution in [1.29, 1.82) is 0 Å². The summed E-state index contributed by atoms with van der Waals surface area (Å²) in [5.41, 5.74) is 3.23. The minimum Gasteiger partial charge on any atom is -0.206 e. The Labute approximate surface area is 133 Å². The van der Waals surface area contributed by atoms with Crippen molar-refractivity contribution >= 4 is 27.5 Å². The molecule has 0 aromatic heterocycles. The number of halogens is 3. The Hall–Kier alpha value is -0.860. The monoisotopic (exact) mass is 354 g/mol. The van der Waals surface area contributed by atoms with Gasteiger partial charge >= 0.3 is 0 Å². The van der Waals surface area contributed by atoms with E-state index >= 15 is 0 Å². The Morgan fingerprint density at radius 1 is 1.05 bits per heavy atom. The van der Waals surface area contributed by atoms with Gasteiger partial charge in [-0.05, 0) is 57.1 Å². The van der Waals surface area contributed by atoms with Crippen LogP contribution in [-0.2, 0) is 0 Å². The second-order valence-electron chi connectivity index (χ2n) is 5.01. The van der Waals surface area contributed by atoms with Gasteiger partial charge in [-0.25, -0.2) is 4.39 Å². The van der Waals surface area contributed by atoms with Gasteiger partial charge in [0.25, 0.3) is 0 Å². The first kappa shape index (κ1) is 15.5. The van der Waals surface area contributed by atoms with Crippen LogP contribution >= 0.6 is 27.5 Å². The van der Waals surface area contributed by atoms with Crippen LogP contribution in [0, 0.1) is 5.82 Å². The van der Waals surface area contributed by atoms with Crippen LogP contribution in [0.25, 0.3) is 0 Å². The third-order valence-electron chi connectivity index (χ3n) is 3.65. The van der Waals surface area contributed by atoms with Crippen molar-refractivity contribution in [2.45, 2.75) is 31.6 Å². The van der Waals surface area contributed by atoms with Crippen LogP contribution in [0.5, 0.6) is 0 Å². The average molecular weight is 356 g/mol. The highest BCUT2D eigenvalue weighted by molar-refractivity contribution is 9.10. The smallest absolute Gasteiger partial charge is 0.137 e. The van der Waals surface area contributed by atoms with E-state index in [4.69, 9.17) is 11.6 Å². The number of benzene rings is 2. The fraction of sp³-hybridized carbons (Fsp3) is 0.294. The molecule has 0 aliphatic rings. The molecule has 2 unspecified atom stereocenters. The minimum atomic E-state index is -0.273. The zero-order valence-electron chi connectivity index (χ0n) is 11.5. The molecule has 2 aromatic rings. The van der Waals surface area contributed by atoms with E-state index in [0.717, 1.165) is 17.5 Å². The van der Waals surface area contributed by atoms with E-state index in [9.17, 15) is 4.39 Å². The fourth-order valence-corrected chi connectivity index (χ4v) is 2.77. The van der Waals surface area contributed by atoms with Crippen LogP contribution < -0.4 is 0 Å². The summed E-state index contributed by atoms with van der Waals surface area (Å²) in [6, 6.07) is 13.2. The molecule has 0 N–H and O–H groups in total. The molecule has 0 saturated heterocycles. The zero-order valence-corrected chi connectivity index (χ0v) is 13.9. The highest BCUT2D eigenvalue weighted by Gasteiger charge is 2.13. The van der Waals surface area contributed by atoms with E-state index in [0.29, 0.717) is 10.4 Å².